The van der Waals surface area contributed by atoms with E-state index in [9.17, 15) is 4.79 Å². The molecule has 0 radical (unpaired) electrons. The number of carbonyl (C=O) groups excluding carboxylic acids is 1. The highest BCUT2D eigenvalue weighted by Crippen LogP contribution is 2.29. The van der Waals surface area contributed by atoms with Crippen molar-refractivity contribution < 1.29 is 4.79 Å². The molecule has 1 atom stereocenters. The second-order valence-corrected chi connectivity index (χ2v) is 7.20. The summed E-state index contributed by atoms with van der Waals surface area (Å²) < 4.78 is 0. The lowest BCUT2D eigenvalue weighted by Gasteiger charge is -2.15. The lowest BCUT2D eigenvalue weighted by atomic mass is 10.2. The third-order valence-electron chi connectivity index (χ3n) is 4.45. The number of carbonyl (C=O) groups is 1. The highest BCUT2D eigenvalue weighted by Gasteiger charge is 2.34. The molecule has 2 aromatic heterocycles. The third-order valence-corrected chi connectivity index (χ3v) is 5.39. The molecule has 1 saturated carbocycles. The van der Waals surface area contributed by atoms with Crippen molar-refractivity contribution >= 4 is 17.2 Å². The number of nitrogens with zero attached hydrogens (tertiary/aromatic N) is 3. The van der Waals surface area contributed by atoms with Crippen molar-refractivity contribution in [3.63, 3.8) is 0 Å². The molecule has 1 amide bonds. The molecule has 2 fully saturated rings. The van der Waals surface area contributed by atoms with Gasteiger partial charge >= 0.3 is 0 Å². The van der Waals surface area contributed by atoms with Crippen molar-refractivity contribution in [3.8, 4) is 10.6 Å². The summed E-state index contributed by atoms with van der Waals surface area (Å²) in [6.45, 7) is 2.13. The Hall–Kier alpha value is -1.79. The Morgan fingerprint density at radius 2 is 2.30 bits per heavy atom. The Morgan fingerprint density at radius 1 is 1.39 bits per heavy atom. The number of pyridine rings is 1. The highest BCUT2D eigenvalue weighted by atomic mass is 32.1. The summed E-state index contributed by atoms with van der Waals surface area (Å²) in [5, 5.41) is 6.04. The van der Waals surface area contributed by atoms with Gasteiger partial charge < -0.3 is 5.32 Å². The van der Waals surface area contributed by atoms with E-state index in [1.807, 2.05) is 17.5 Å². The first kappa shape index (κ1) is 14.8. The zero-order valence-electron chi connectivity index (χ0n) is 12.9. The molecule has 1 saturated heterocycles. The summed E-state index contributed by atoms with van der Waals surface area (Å²) in [4.78, 5) is 23.4. The standard InChI is InChI=1S/C17H20N4OS/c22-16(19-13-5-7-21(10-13)15-3-4-15)8-14-11-23-17(20-14)12-2-1-6-18-9-12/h1-2,6,9,11,13,15H,3-5,7-8,10H2,(H,19,22)/t13-/m1/s1. The van der Waals surface area contributed by atoms with Crippen LogP contribution in [-0.4, -0.2) is 45.9 Å². The molecular formula is C17H20N4OS. The fraction of sp³-hybridized carbons (Fsp3) is 0.471. The topological polar surface area (TPSA) is 58.1 Å². The average molecular weight is 328 g/mol. The van der Waals surface area contributed by atoms with Gasteiger partial charge in [-0.05, 0) is 31.4 Å². The van der Waals surface area contributed by atoms with Gasteiger partial charge in [0.25, 0.3) is 0 Å². The second-order valence-electron chi connectivity index (χ2n) is 6.34. The maximum atomic E-state index is 12.2. The van der Waals surface area contributed by atoms with Crippen molar-refractivity contribution in [2.45, 2.75) is 37.8 Å². The van der Waals surface area contributed by atoms with Crippen molar-refractivity contribution in [3.05, 3.63) is 35.6 Å². The molecule has 120 valence electrons. The van der Waals surface area contributed by atoms with E-state index in [1.54, 1.807) is 23.7 Å². The van der Waals surface area contributed by atoms with Gasteiger partial charge in [-0.1, -0.05) is 0 Å². The molecule has 0 aromatic carbocycles. The van der Waals surface area contributed by atoms with Crippen LogP contribution in [0.15, 0.2) is 29.9 Å². The minimum atomic E-state index is 0.0793. The van der Waals surface area contributed by atoms with Crippen LogP contribution in [0.3, 0.4) is 0 Å². The van der Waals surface area contributed by atoms with Crippen LogP contribution in [0, 0.1) is 0 Å². The van der Waals surface area contributed by atoms with Gasteiger partial charge in [-0.3, -0.25) is 14.7 Å². The lowest BCUT2D eigenvalue weighted by molar-refractivity contribution is -0.121. The number of amides is 1. The first-order valence-corrected chi connectivity index (χ1v) is 9.04. The Balaban J connectivity index is 1.31. The number of rotatable bonds is 5. The summed E-state index contributed by atoms with van der Waals surface area (Å²) in [7, 11) is 0. The molecule has 23 heavy (non-hydrogen) atoms. The fourth-order valence-electron chi connectivity index (χ4n) is 3.13. The zero-order valence-corrected chi connectivity index (χ0v) is 13.8. The first-order valence-electron chi connectivity index (χ1n) is 8.16. The quantitative estimate of drug-likeness (QED) is 0.913. The summed E-state index contributed by atoms with van der Waals surface area (Å²) in [5.74, 6) is 0.0793. The lowest BCUT2D eigenvalue weighted by Crippen LogP contribution is -2.38. The third kappa shape index (κ3) is 3.59. The van der Waals surface area contributed by atoms with Crippen LogP contribution in [0.2, 0.25) is 0 Å². The van der Waals surface area contributed by atoms with E-state index < -0.39 is 0 Å². The Kier molecular flexibility index (Phi) is 4.10. The largest absolute Gasteiger partial charge is 0.352 e. The number of aromatic nitrogens is 2. The van der Waals surface area contributed by atoms with Crippen molar-refractivity contribution in [1.29, 1.82) is 0 Å². The molecular weight excluding hydrogens is 308 g/mol. The van der Waals surface area contributed by atoms with E-state index in [1.165, 1.54) is 12.8 Å². The van der Waals surface area contributed by atoms with Crippen molar-refractivity contribution in [1.82, 2.24) is 20.2 Å². The van der Waals surface area contributed by atoms with Gasteiger partial charge in [-0.25, -0.2) is 4.98 Å². The van der Waals surface area contributed by atoms with E-state index in [4.69, 9.17) is 0 Å². The fourth-order valence-corrected chi connectivity index (χ4v) is 3.94. The van der Waals surface area contributed by atoms with Crippen molar-refractivity contribution in [2.75, 3.05) is 13.1 Å². The molecule has 0 unspecified atom stereocenters. The summed E-state index contributed by atoms with van der Waals surface area (Å²) in [6.07, 6.45) is 7.63. The van der Waals surface area contributed by atoms with Gasteiger partial charge in [0.05, 0.1) is 12.1 Å². The van der Waals surface area contributed by atoms with Gasteiger partial charge in [-0.2, -0.15) is 0 Å². The second kappa shape index (κ2) is 6.37. The van der Waals surface area contributed by atoms with Crippen LogP contribution in [0.1, 0.15) is 25.0 Å². The summed E-state index contributed by atoms with van der Waals surface area (Å²) in [5.41, 5.74) is 1.84. The summed E-state index contributed by atoms with van der Waals surface area (Å²) >= 11 is 1.56. The molecule has 4 rings (SSSR count). The Bertz CT molecular complexity index is 683. The number of likely N-dealkylation sites (tertiary alicyclic amines) is 1. The minimum absolute atomic E-state index is 0.0793. The van der Waals surface area contributed by atoms with Gasteiger partial charge in [0.15, 0.2) is 0 Å². The van der Waals surface area contributed by atoms with Crippen LogP contribution < -0.4 is 5.32 Å². The van der Waals surface area contributed by atoms with Crippen LogP contribution in [0.5, 0.6) is 0 Å². The number of nitrogens with one attached hydrogen (secondary N) is 1. The predicted molar refractivity (Wildman–Crippen MR) is 90.2 cm³/mol. The Morgan fingerprint density at radius 3 is 3.09 bits per heavy atom. The molecule has 0 spiro atoms. The van der Waals surface area contributed by atoms with E-state index in [0.29, 0.717) is 12.5 Å². The molecule has 2 aromatic rings. The van der Waals surface area contributed by atoms with E-state index in [-0.39, 0.29) is 5.91 Å². The van der Waals surface area contributed by atoms with Gasteiger partial charge in [0.1, 0.15) is 5.01 Å². The summed E-state index contributed by atoms with van der Waals surface area (Å²) in [6, 6.07) is 4.98. The predicted octanol–water partition coefficient (Wildman–Crippen LogP) is 2.10. The number of thiazole rings is 1. The normalized spacial score (nSPS) is 21.5. The monoisotopic (exact) mass is 328 g/mol. The van der Waals surface area contributed by atoms with Crippen LogP contribution in [0.4, 0.5) is 0 Å². The molecule has 1 aliphatic heterocycles. The molecule has 2 aliphatic rings. The van der Waals surface area contributed by atoms with Gasteiger partial charge in [-0.15, -0.1) is 11.3 Å². The molecule has 6 heteroatoms. The maximum absolute atomic E-state index is 12.2. The average Bonchev–Trinajstić information content (AvgIpc) is 3.14. The Labute approximate surface area is 139 Å². The first-order chi connectivity index (χ1) is 11.3. The van der Waals surface area contributed by atoms with Crippen LogP contribution in [-0.2, 0) is 11.2 Å². The molecule has 0 bridgehead atoms. The van der Waals surface area contributed by atoms with Crippen molar-refractivity contribution in [2.24, 2.45) is 0 Å². The minimum Gasteiger partial charge on any atom is -0.352 e. The van der Waals surface area contributed by atoms with E-state index >= 15 is 0 Å². The van der Waals surface area contributed by atoms with E-state index in [2.05, 4.69) is 20.2 Å². The highest BCUT2D eigenvalue weighted by molar-refractivity contribution is 7.13. The molecule has 1 N–H and O–H groups in total. The molecule has 5 nitrogen and oxygen atoms in total. The maximum Gasteiger partial charge on any atom is 0.226 e. The molecule has 3 heterocycles. The van der Waals surface area contributed by atoms with Crippen LogP contribution in [0.25, 0.3) is 10.6 Å². The smallest absolute Gasteiger partial charge is 0.226 e. The SMILES string of the molecule is O=C(Cc1csc(-c2cccnc2)n1)N[C@@H]1CCN(C2CC2)C1. The van der Waals surface area contributed by atoms with E-state index in [0.717, 1.165) is 41.8 Å². The molecule has 1 aliphatic carbocycles. The number of hydrogen-bond donors (Lipinski definition) is 1. The van der Waals surface area contributed by atoms with Gasteiger partial charge in [0, 0.05) is 48.5 Å². The number of hydrogen-bond acceptors (Lipinski definition) is 5. The van der Waals surface area contributed by atoms with Crippen LogP contribution >= 0.6 is 11.3 Å². The van der Waals surface area contributed by atoms with Gasteiger partial charge in [0.2, 0.25) is 5.91 Å². The zero-order chi connectivity index (χ0) is 15.6.